The minimum absolute atomic E-state index is 0.265. The van der Waals surface area contributed by atoms with Crippen LogP contribution in [0.15, 0.2) is 12.4 Å². The van der Waals surface area contributed by atoms with Crippen molar-refractivity contribution >= 4 is 0 Å². The van der Waals surface area contributed by atoms with Crippen molar-refractivity contribution in [1.29, 1.82) is 0 Å². The zero-order chi connectivity index (χ0) is 10.1. The summed E-state index contributed by atoms with van der Waals surface area (Å²) in [6.45, 7) is 10.9. The summed E-state index contributed by atoms with van der Waals surface area (Å²) in [6, 6.07) is 2.07. The van der Waals surface area contributed by atoms with Crippen LogP contribution in [0.25, 0.3) is 0 Å². The molecule has 2 nitrogen and oxygen atoms in total. The zero-order valence-corrected chi connectivity index (χ0v) is 9.13. The molecular formula is C11H18N2. The van der Waals surface area contributed by atoms with Crippen LogP contribution < -0.4 is 0 Å². The van der Waals surface area contributed by atoms with E-state index >= 15 is 0 Å². The molecule has 1 heterocycles. The summed E-state index contributed by atoms with van der Waals surface area (Å²) >= 11 is 0. The normalized spacial score (nSPS) is 14.2. The van der Waals surface area contributed by atoms with Gasteiger partial charge in [-0.1, -0.05) is 27.7 Å². The van der Waals surface area contributed by atoms with Gasteiger partial charge in [0, 0.05) is 17.3 Å². The summed E-state index contributed by atoms with van der Waals surface area (Å²) < 4.78 is 0. The van der Waals surface area contributed by atoms with E-state index in [4.69, 9.17) is 0 Å². The van der Waals surface area contributed by atoms with Crippen LogP contribution >= 0.6 is 0 Å². The van der Waals surface area contributed by atoms with Gasteiger partial charge in [-0.15, -0.1) is 0 Å². The number of hydrogen-bond acceptors (Lipinski definition) is 2. The van der Waals surface area contributed by atoms with Gasteiger partial charge < -0.3 is 0 Å². The molecule has 0 radical (unpaired) electrons. The lowest BCUT2D eigenvalue weighted by Crippen LogP contribution is -2.16. The highest BCUT2D eigenvalue weighted by Crippen LogP contribution is 2.32. The van der Waals surface area contributed by atoms with E-state index in [1.165, 1.54) is 0 Å². The van der Waals surface area contributed by atoms with Gasteiger partial charge in [0.2, 0.25) is 0 Å². The van der Waals surface area contributed by atoms with Gasteiger partial charge in [-0.05, 0) is 18.4 Å². The van der Waals surface area contributed by atoms with Crippen LogP contribution in [0.5, 0.6) is 0 Å². The fraction of sp³-hybridized carbons (Fsp3) is 0.636. The maximum absolute atomic E-state index is 4.29. The van der Waals surface area contributed by atoms with Crippen molar-refractivity contribution in [3.05, 3.63) is 23.8 Å². The molecule has 13 heavy (non-hydrogen) atoms. The summed E-state index contributed by atoms with van der Waals surface area (Å²) in [4.78, 5) is 8.39. The van der Waals surface area contributed by atoms with E-state index in [0.29, 0.717) is 5.92 Å². The zero-order valence-electron chi connectivity index (χ0n) is 9.13. The Bertz CT molecular complexity index is 286. The lowest BCUT2D eigenvalue weighted by Gasteiger charge is -2.26. The molecule has 0 aromatic carbocycles. The summed E-state index contributed by atoms with van der Waals surface area (Å²) in [5.41, 5.74) is 2.45. The molecule has 1 atom stereocenters. The monoisotopic (exact) mass is 178 g/mol. The largest absolute Gasteiger partial charge is 0.242 e. The second kappa shape index (κ2) is 3.44. The van der Waals surface area contributed by atoms with Gasteiger partial charge in [-0.25, -0.2) is 9.97 Å². The highest BCUT2D eigenvalue weighted by Gasteiger charge is 2.22. The number of hydrogen-bond donors (Lipinski definition) is 0. The number of nitrogens with zero attached hydrogens (tertiary/aromatic N) is 2. The molecule has 0 amide bonds. The quantitative estimate of drug-likeness (QED) is 0.660. The van der Waals surface area contributed by atoms with Crippen LogP contribution in [0.4, 0.5) is 0 Å². The molecule has 1 unspecified atom stereocenters. The number of rotatable bonds is 1. The molecule has 0 saturated heterocycles. The SMILES string of the molecule is Cc1cc(C(C)C(C)(C)C)ncn1. The predicted molar refractivity (Wildman–Crippen MR) is 54.6 cm³/mol. The van der Waals surface area contributed by atoms with Crippen molar-refractivity contribution in [2.75, 3.05) is 0 Å². The van der Waals surface area contributed by atoms with E-state index in [-0.39, 0.29) is 5.41 Å². The number of aryl methyl sites for hydroxylation is 1. The maximum atomic E-state index is 4.29. The van der Waals surface area contributed by atoms with Crippen molar-refractivity contribution in [3.8, 4) is 0 Å². The summed E-state index contributed by atoms with van der Waals surface area (Å²) in [5, 5.41) is 0. The van der Waals surface area contributed by atoms with Crippen LogP contribution in [-0.4, -0.2) is 9.97 Å². The molecule has 0 aliphatic carbocycles. The smallest absolute Gasteiger partial charge is 0.115 e. The van der Waals surface area contributed by atoms with E-state index < -0.39 is 0 Å². The molecule has 1 aromatic rings. The van der Waals surface area contributed by atoms with Gasteiger partial charge in [0.15, 0.2) is 0 Å². The fourth-order valence-electron chi connectivity index (χ4n) is 1.16. The third-order valence-electron chi connectivity index (χ3n) is 2.57. The van der Waals surface area contributed by atoms with Crippen LogP contribution in [0.1, 0.15) is 45.0 Å². The second-order valence-corrected chi connectivity index (χ2v) is 4.67. The minimum atomic E-state index is 0.265. The first-order valence-corrected chi connectivity index (χ1v) is 4.70. The van der Waals surface area contributed by atoms with E-state index in [2.05, 4.69) is 43.7 Å². The Morgan fingerprint density at radius 2 is 1.85 bits per heavy atom. The predicted octanol–water partition coefficient (Wildman–Crippen LogP) is 2.93. The van der Waals surface area contributed by atoms with E-state index in [1.54, 1.807) is 6.33 Å². The molecular weight excluding hydrogens is 160 g/mol. The maximum Gasteiger partial charge on any atom is 0.115 e. The Hall–Kier alpha value is -0.920. The number of aromatic nitrogens is 2. The van der Waals surface area contributed by atoms with E-state index in [0.717, 1.165) is 11.4 Å². The lowest BCUT2D eigenvalue weighted by molar-refractivity contribution is 0.333. The van der Waals surface area contributed by atoms with Gasteiger partial charge in [0.05, 0.1) is 0 Å². The summed E-state index contributed by atoms with van der Waals surface area (Å²) in [7, 11) is 0. The summed E-state index contributed by atoms with van der Waals surface area (Å²) in [5.74, 6) is 0.467. The summed E-state index contributed by atoms with van der Waals surface area (Å²) in [6.07, 6.45) is 1.65. The Morgan fingerprint density at radius 1 is 1.23 bits per heavy atom. The molecule has 1 aromatic heterocycles. The topological polar surface area (TPSA) is 25.8 Å². The second-order valence-electron chi connectivity index (χ2n) is 4.67. The van der Waals surface area contributed by atoms with Crippen molar-refractivity contribution < 1.29 is 0 Å². The van der Waals surface area contributed by atoms with Gasteiger partial charge >= 0.3 is 0 Å². The third kappa shape index (κ3) is 2.51. The van der Waals surface area contributed by atoms with Gasteiger partial charge in [0.1, 0.15) is 6.33 Å². The molecule has 1 rings (SSSR count). The standard InChI is InChI=1S/C11H18N2/c1-8-6-10(13-7-12-8)9(2)11(3,4)5/h6-7,9H,1-5H3. The fourth-order valence-corrected chi connectivity index (χ4v) is 1.16. The van der Waals surface area contributed by atoms with Crippen molar-refractivity contribution in [1.82, 2.24) is 9.97 Å². The van der Waals surface area contributed by atoms with Crippen molar-refractivity contribution in [2.24, 2.45) is 5.41 Å². The first kappa shape index (κ1) is 10.2. The molecule has 0 bridgehead atoms. The molecule has 0 spiro atoms. The Kier molecular flexibility index (Phi) is 2.69. The van der Waals surface area contributed by atoms with Gasteiger partial charge in [-0.3, -0.25) is 0 Å². The van der Waals surface area contributed by atoms with Crippen LogP contribution in [-0.2, 0) is 0 Å². The molecule has 72 valence electrons. The van der Waals surface area contributed by atoms with Crippen LogP contribution in [0.2, 0.25) is 0 Å². The molecule has 0 N–H and O–H groups in total. The Balaban J connectivity index is 2.96. The van der Waals surface area contributed by atoms with Crippen LogP contribution in [0.3, 0.4) is 0 Å². The highest BCUT2D eigenvalue weighted by molar-refractivity contribution is 5.12. The Labute approximate surface area is 80.4 Å². The molecule has 2 heteroatoms. The van der Waals surface area contributed by atoms with Gasteiger partial charge in [0.25, 0.3) is 0 Å². The highest BCUT2D eigenvalue weighted by atomic mass is 14.8. The minimum Gasteiger partial charge on any atom is -0.242 e. The van der Waals surface area contributed by atoms with Crippen LogP contribution in [0, 0.1) is 12.3 Å². The average Bonchev–Trinajstić information content (AvgIpc) is 2.01. The van der Waals surface area contributed by atoms with E-state index in [9.17, 15) is 0 Å². The molecule has 0 aliphatic rings. The van der Waals surface area contributed by atoms with Crippen molar-refractivity contribution in [3.63, 3.8) is 0 Å². The Morgan fingerprint density at radius 3 is 2.31 bits per heavy atom. The molecule has 0 saturated carbocycles. The molecule has 0 aliphatic heterocycles. The lowest BCUT2D eigenvalue weighted by atomic mass is 9.80. The first-order chi connectivity index (χ1) is 5.91. The molecule has 0 fully saturated rings. The third-order valence-corrected chi connectivity index (χ3v) is 2.57. The van der Waals surface area contributed by atoms with E-state index in [1.807, 2.05) is 6.92 Å². The van der Waals surface area contributed by atoms with Gasteiger partial charge in [-0.2, -0.15) is 0 Å². The first-order valence-electron chi connectivity index (χ1n) is 4.70. The average molecular weight is 178 g/mol. The van der Waals surface area contributed by atoms with Crippen molar-refractivity contribution in [2.45, 2.75) is 40.5 Å².